The van der Waals surface area contributed by atoms with Gasteiger partial charge in [-0.15, -0.1) is 12.4 Å². The first-order chi connectivity index (χ1) is 11.1. The number of nitrogens with one attached hydrogen (secondary N) is 2. The molecule has 0 fully saturated rings. The summed E-state index contributed by atoms with van der Waals surface area (Å²) in [6.45, 7) is 1.22. The van der Waals surface area contributed by atoms with Gasteiger partial charge in [0.25, 0.3) is 0 Å². The van der Waals surface area contributed by atoms with E-state index in [0.717, 1.165) is 0 Å². The van der Waals surface area contributed by atoms with Crippen molar-refractivity contribution < 1.29 is 13.2 Å². The molecule has 1 heterocycles. The highest BCUT2D eigenvalue weighted by atomic mass is 35.5. The SMILES string of the molecule is CNCCOc1cccc2c(S(=O)(=O)c3ccccc3)c[nH]c12.Cl. The maximum Gasteiger partial charge on any atom is 0.208 e. The molecule has 5 nitrogen and oxygen atoms in total. The molecule has 0 saturated heterocycles. The molecule has 0 spiro atoms. The number of aromatic amines is 1. The maximum atomic E-state index is 12.8. The second-order valence-electron chi connectivity index (χ2n) is 5.10. The summed E-state index contributed by atoms with van der Waals surface area (Å²) in [5, 5.41) is 3.64. The summed E-state index contributed by atoms with van der Waals surface area (Å²) in [6, 6.07) is 13.8. The lowest BCUT2D eigenvalue weighted by Crippen LogP contribution is -2.16. The number of benzene rings is 2. The van der Waals surface area contributed by atoms with Crippen molar-refractivity contribution in [3.8, 4) is 5.75 Å². The van der Waals surface area contributed by atoms with Crippen LogP contribution in [0.15, 0.2) is 64.5 Å². The minimum Gasteiger partial charge on any atom is -0.490 e. The number of likely N-dealkylation sites (N-methyl/N-ethyl adjacent to an activating group) is 1. The second-order valence-corrected chi connectivity index (χ2v) is 7.02. The third kappa shape index (κ3) is 3.40. The molecule has 3 rings (SSSR count). The van der Waals surface area contributed by atoms with Crippen molar-refractivity contribution in [1.82, 2.24) is 10.3 Å². The lowest BCUT2D eigenvalue weighted by molar-refractivity contribution is 0.321. The van der Waals surface area contributed by atoms with Gasteiger partial charge in [-0.25, -0.2) is 8.42 Å². The fourth-order valence-electron chi connectivity index (χ4n) is 2.43. The molecule has 0 bridgehead atoms. The summed E-state index contributed by atoms with van der Waals surface area (Å²) in [5.41, 5.74) is 0.693. The summed E-state index contributed by atoms with van der Waals surface area (Å²) in [6.07, 6.45) is 1.53. The molecular weight excluding hydrogens is 348 g/mol. The number of rotatable bonds is 6. The fourth-order valence-corrected chi connectivity index (χ4v) is 3.88. The summed E-state index contributed by atoms with van der Waals surface area (Å²) < 4.78 is 31.3. The smallest absolute Gasteiger partial charge is 0.208 e. The monoisotopic (exact) mass is 366 g/mol. The molecule has 0 unspecified atom stereocenters. The van der Waals surface area contributed by atoms with Crippen LogP contribution in [0.4, 0.5) is 0 Å². The lowest BCUT2D eigenvalue weighted by Gasteiger charge is -2.07. The number of aromatic nitrogens is 1. The van der Waals surface area contributed by atoms with Crippen LogP contribution < -0.4 is 10.1 Å². The predicted octanol–water partition coefficient (Wildman–Crippen LogP) is 3.02. The summed E-state index contributed by atoms with van der Waals surface area (Å²) in [5.74, 6) is 0.646. The van der Waals surface area contributed by atoms with Crippen molar-refractivity contribution in [1.29, 1.82) is 0 Å². The van der Waals surface area contributed by atoms with Gasteiger partial charge in [0.1, 0.15) is 12.4 Å². The Kier molecular flexibility index (Phi) is 5.88. The van der Waals surface area contributed by atoms with Crippen LogP contribution in [-0.4, -0.2) is 33.6 Å². The molecule has 7 heteroatoms. The number of para-hydroxylation sites is 1. The maximum absolute atomic E-state index is 12.8. The topological polar surface area (TPSA) is 71.2 Å². The van der Waals surface area contributed by atoms with Crippen LogP contribution in [0.1, 0.15) is 0 Å². The quantitative estimate of drug-likeness (QED) is 0.658. The van der Waals surface area contributed by atoms with E-state index in [1.807, 2.05) is 13.1 Å². The third-order valence-corrected chi connectivity index (χ3v) is 5.40. The van der Waals surface area contributed by atoms with Crippen molar-refractivity contribution in [3.05, 3.63) is 54.7 Å². The van der Waals surface area contributed by atoms with Gasteiger partial charge in [0.2, 0.25) is 9.84 Å². The number of ether oxygens (including phenoxy) is 1. The Hall–Kier alpha value is -2.02. The Labute approximate surface area is 147 Å². The van der Waals surface area contributed by atoms with Crippen molar-refractivity contribution >= 4 is 33.1 Å². The minimum atomic E-state index is -3.56. The predicted molar refractivity (Wildman–Crippen MR) is 96.9 cm³/mol. The van der Waals surface area contributed by atoms with Gasteiger partial charge in [-0.2, -0.15) is 0 Å². The number of sulfone groups is 1. The van der Waals surface area contributed by atoms with E-state index in [1.54, 1.807) is 42.5 Å². The molecule has 128 valence electrons. The van der Waals surface area contributed by atoms with E-state index in [2.05, 4.69) is 10.3 Å². The highest BCUT2D eigenvalue weighted by molar-refractivity contribution is 7.91. The average molecular weight is 367 g/mol. The first-order valence-corrected chi connectivity index (χ1v) is 8.80. The molecule has 0 aliphatic heterocycles. The van der Waals surface area contributed by atoms with Crippen LogP contribution >= 0.6 is 12.4 Å². The van der Waals surface area contributed by atoms with E-state index >= 15 is 0 Å². The van der Waals surface area contributed by atoms with Crippen molar-refractivity contribution in [2.24, 2.45) is 0 Å². The van der Waals surface area contributed by atoms with E-state index in [1.165, 1.54) is 6.20 Å². The van der Waals surface area contributed by atoms with Crippen molar-refractivity contribution in [3.63, 3.8) is 0 Å². The Morgan fingerprint density at radius 2 is 1.83 bits per heavy atom. The normalized spacial score (nSPS) is 11.2. The zero-order chi connectivity index (χ0) is 16.3. The molecule has 24 heavy (non-hydrogen) atoms. The van der Waals surface area contributed by atoms with Gasteiger partial charge in [-0.1, -0.05) is 30.3 Å². The van der Waals surface area contributed by atoms with E-state index < -0.39 is 9.84 Å². The van der Waals surface area contributed by atoms with Crippen LogP contribution in [0.3, 0.4) is 0 Å². The standard InChI is InChI=1S/C17H18N2O3S.ClH/c1-18-10-11-22-15-9-5-8-14-16(12-19-17(14)15)23(20,21)13-6-3-2-4-7-13;/h2-9,12,18-19H,10-11H2,1H3;1H. The van der Waals surface area contributed by atoms with Gasteiger partial charge in [0.15, 0.2) is 0 Å². The van der Waals surface area contributed by atoms with Crippen LogP contribution in [0.25, 0.3) is 10.9 Å². The average Bonchev–Trinajstić information content (AvgIpc) is 3.01. The number of fused-ring (bicyclic) bond motifs is 1. The third-order valence-electron chi connectivity index (χ3n) is 3.59. The van der Waals surface area contributed by atoms with E-state index in [4.69, 9.17) is 4.74 Å². The Morgan fingerprint density at radius 3 is 2.54 bits per heavy atom. The van der Waals surface area contributed by atoms with Gasteiger partial charge in [-0.05, 0) is 25.2 Å². The van der Waals surface area contributed by atoms with Crippen LogP contribution in [-0.2, 0) is 9.84 Å². The number of H-pyrrole nitrogens is 1. The molecule has 1 aromatic heterocycles. The molecular formula is C17H19ClN2O3S. The zero-order valence-corrected chi connectivity index (χ0v) is 14.8. The Bertz CT molecular complexity index is 908. The Balaban J connectivity index is 0.00000208. The molecule has 0 atom stereocenters. The summed E-state index contributed by atoms with van der Waals surface area (Å²) >= 11 is 0. The first-order valence-electron chi connectivity index (χ1n) is 7.32. The highest BCUT2D eigenvalue weighted by Crippen LogP contribution is 2.32. The van der Waals surface area contributed by atoms with Gasteiger partial charge < -0.3 is 15.0 Å². The minimum absolute atomic E-state index is 0. The molecule has 0 aliphatic rings. The van der Waals surface area contributed by atoms with E-state index in [-0.39, 0.29) is 22.2 Å². The number of hydrogen-bond acceptors (Lipinski definition) is 4. The van der Waals surface area contributed by atoms with Crippen molar-refractivity contribution in [2.45, 2.75) is 9.79 Å². The molecule has 0 aliphatic carbocycles. The highest BCUT2D eigenvalue weighted by Gasteiger charge is 2.22. The largest absolute Gasteiger partial charge is 0.490 e. The lowest BCUT2D eigenvalue weighted by atomic mass is 10.2. The fraction of sp³-hybridized carbons (Fsp3) is 0.176. The zero-order valence-electron chi connectivity index (χ0n) is 13.2. The molecule has 0 saturated carbocycles. The molecule has 0 radical (unpaired) electrons. The first kappa shape index (κ1) is 18.3. The molecule has 3 aromatic rings. The molecule has 0 amide bonds. The van der Waals surface area contributed by atoms with Gasteiger partial charge in [0.05, 0.1) is 15.3 Å². The van der Waals surface area contributed by atoms with Crippen LogP contribution in [0.2, 0.25) is 0 Å². The van der Waals surface area contributed by atoms with Gasteiger partial charge in [-0.3, -0.25) is 0 Å². The number of hydrogen-bond donors (Lipinski definition) is 2. The van der Waals surface area contributed by atoms with Crippen molar-refractivity contribution in [2.75, 3.05) is 20.2 Å². The van der Waals surface area contributed by atoms with Gasteiger partial charge >= 0.3 is 0 Å². The number of halogens is 1. The van der Waals surface area contributed by atoms with E-state index in [9.17, 15) is 8.42 Å². The molecule has 2 N–H and O–H groups in total. The van der Waals surface area contributed by atoms with Crippen LogP contribution in [0, 0.1) is 0 Å². The van der Waals surface area contributed by atoms with Gasteiger partial charge in [0, 0.05) is 18.1 Å². The molecule has 2 aromatic carbocycles. The van der Waals surface area contributed by atoms with Crippen LogP contribution in [0.5, 0.6) is 5.75 Å². The second kappa shape index (κ2) is 7.70. The summed E-state index contributed by atoms with van der Waals surface area (Å²) in [7, 11) is -1.71. The van der Waals surface area contributed by atoms with E-state index in [0.29, 0.717) is 29.8 Å². The Morgan fingerprint density at radius 1 is 1.08 bits per heavy atom. The summed E-state index contributed by atoms with van der Waals surface area (Å²) in [4.78, 5) is 3.58.